The third kappa shape index (κ3) is 5.04. The molecule has 3 nitrogen and oxygen atoms in total. The molecule has 116 valence electrons. The van der Waals surface area contributed by atoms with Crippen molar-refractivity contribution >= 4 is 33.4 Å². The molecule has 0 aliphatic carbocycles. The van der Waals surface area contributed by atoms with Gasteiger partial charge in [-0.3, -0.25) is 4.79 Å². The van der Waals surface area contributed by atoms with Gasteiger partial charge < -0.3 is 10.1 Å². The topological polar surface area (TPSA) is 38.3 Å². The summed E-state index contributed by atoms with van der Waals surface area (Å²) in [5.41, 5.74) is 1.63. The summed E-state index contributed by atoms with van der Waals surface area (Å²) >= 11 is 9.35. The van der Waals surface area contributed by atoms with Crippen molar-refractivity contribution in [2.75, 3.05) is 13.2 Å². The summed E-state index contributed by atoms with van der Waals surface area (Å²) in [5.74, 6) is 0.670. The van der Waals surface area contributed by atoms with E-state index in [2.05, 4.69) is 21.2 Å². The zero-order valence-corrected chi connectivity index (χ0v) is 14.6. The van der Waals surface area contributed by atoms with Gasteiger partial charge in [0.2, 0.25) is 0 Å². The van der Waals surface area contributed by atoms with Crippen LogP contribution in [0, 0.1) is 6.92 Å². The van der Waals surface area contributed by atoms with E-state index in [-0.39, 0.29) is 5.91 Å². The Hall–Kier alpha value is -1.52. The van der Waals surface area contributed by atoms with Gasteiger partial charge in [-0.15, -0.1) is 0 Å². The number of hydrogen-bond donors (Lipinski definition) is 1. The van der Waals surface area contributed by atoms with Crippen molar-refractivity contribution in [1.82, 2.24) is 5.32 Å². The van der Waals surface area contributed by atoms with E-state index < -0.39 is 0 Å². The maximum Gasteiger partial charge on any atom is 0.252 e. The molecule has 0 radical (unpaired) electrons. The number of rotatable bonds is 6. The van der Waals surface area contributed by atoms with Crippen LogP contribution in [0.1, 0.15) is 22.3 Å². The highest BCUT2D eigenvalue weighted by atomic mass is 79.9. The van der Waals surface area contributed by atoms with Crippen molar-refractivity contribution in [3.05, 3.63) is 63.1 Å². The predicted octanol–water partition coefficient (Wildman–Crippen LogP) is 4.61. The second-order valence-electron chi connectivity index (χ2n) is 4.90. The summed E-state index contributed by atoms with van der Waals surface area (Å²) in [6, 6.07) is 13.1. The van der Waals surface area contributed by atoms with Crippen molar-refractivity contribution in [3.8, 4) is 5.75 Å². The summed E-state index contributed by atoms with van der Waals surface area (Å²) in [4.78, 5) is 12.0. The van der Waals surface area contributed by atoms with E-state index in [1.54, 1.807) is 18.2 Å². The molecule has 0 unspecified atom stereocenters. The molecule has 0 saturated carbocycles. The minimum atomic E-state index is -0.179. The monoisotopic (exact) mass is 381 g/mol. The largest absolute Gasteiger partial charge is 0.494 e. The van der Waals surface area contributed by atoms with E-state index in [1.807, 2.05) is 31.2 Å². The normalized spacial score (nSPS) is 10.3. The lowest BCUT2D eigenvalue weighted by molar-refractivity contribution is 0.0951. The SMILES string of the molecule is Cc1cccc(OCCCNC(=O)c2cc(Br)ccc2Cl)c1. The van der Waals surface area contributed by atoms with Gasteiger partial charge in [0.15, 0.2) is 0 Å². The average Bonchev–Trinajstić information content (AvgIpc) is 2.49. The van der Waals surface area contributed by atoms with Gasteiger partial charge in [0.25, 0.3) is 5.91 Å². The predicted molar refractivity (Wildman–Crippen MR) is 92.8 cm³/mol. The van der Waals surface area contributed by atoms with Crippen molar-refractivity contribution < 1.29 is 9.53 Å². The first-order valence-corrected chi connectivity index (χ1v) is 8.16. The molecule has 0 bridgehead atoms. The standard InChI is InChI=1S/C17H17BrClNO2/c1-12-4-2-5-14(10-12)22-9-3-8-20-17(21)15-11-13(18)6-7-16(15)19/h2,4-7,10-11H,3,8-9H2,1H3,(H,20,21). The van der Waals surface area contributed by atoms with Crippen LogP contribution >= 0.6 is 27.5 Å². The van der Waals surface area contributed by atoms with Gasteiger partial charge in [-0.1, -0.05) is 39.7 Å². The fraction of sp³-hybridized carbons (Fsp3) is 0.235. The van der Waals surface area contributed by atoms with E-state index in [0.717, 1.165) is 22.2 Å². The summed E-state index contributed by atoms with van der Waals surface area (Å²) in [5, 5.41) is 3.28. The van der Waals surface area contributed by atoms with Crippen molar-refractivity contribution in [2.45, 2.75) is 13.3 Å². The highest BCUT2D eigenvalue weighted by Crippen LogP contribution is 2.20. The van der Waals surface area contributed by atoms with Gasteiger partial charge in [-0.05, 0) is 49.2 Å². The number of carbonyl (C=O) groups excluding carboxylic acids is 1. The molecular weight excluding hydrogens is 366 g/mol. The molecule has 0 aromatic heterocycles. The van der Waals surface area contributed by atoms with Crippen LogP contribution in [0.4, 0.5) is 0 Å². The maximum absolute atomic E-state index is 12.0. The molecule has 0 aliphatic heterocycles. The Kier molecular flexibility index (Phi) is 6.28. The second kappa shape index (κ2) is 8.20. The van der Waals surface area contributed by atoms with Gasteiger partial charge in [-0.2, -0.15) is 0 Å². The quantitative estimate of drug-likeness (QED) is 0.741. The number of amides is 1. The summed E-state index contributed by atoms with van der Waals surface area (Å²) in [6.45, 7) is 3.11. The molecule has 0 fully saturated rings. The van der Waals surface area contributed by atoms with E-state index in [4.69, 9.17) is 16.3 Å². The van der Waals surface area contributed by atoms with Crippen LogP contribution in [0.5, 0.6) is 5.75 Å². The number of carbonyl (C=O) groups is 1. The van der Waals surface area contributed by atoms with Crippen LogP contribution in [-0.2, 0) is 0 Å². The molecule has 0 spiro atoms. The number of aryl methyl sites for hydroxylation is 1. The molecule has 0 aliphatic rings. The Bertz CT molecular complexity index is 661. The Labute approximate surface area is 143 Å². The van der Waals surface area contributed by atoms with Crippen LogP contribution in [0.2, 0.25) is 5.02 Å². The highest BCUT2D eigenvalue weighted by Gasteiger charge is 2.10. The lowest BCUT2D eigenvalue weighted by Gasteiger charge is -2.09. The van der Waals surface area contributed by atoms with Gasteiger partial charge in [-0.25, -0.2) is 0 Å². The molecule has 2 aromatic rings. The molecule has 5 heteroatoms. The maximum atomic E-state index is 12.0. The second-order valence-corrected chi connectivity index (χ2v) is 6.22. The third-order valence-corrected chi connectivity index (χ3v) is 3.86. The number of ether oxygens (including phenoxy) is 1. The van der Waals surface area contributed by atoms with Crippen LogP contribution in [0.15, 0.2) is 46.9 Å². The lowest BCUT2D eigenvalue weighted by atomic mass is 10.2. The summed E-state index contributed by atoms with van der Waals surface area (Å²) in [7, 11) is 0. The van der Waals surface area contributed by atoms with Crippen LogP contribution in [-0.4, -0.2) is 19.1 Å². The first-order valence-electron chi connectivity index (χ1n) is 6.99. The summed E-state index contributed by atoms with van der Waals surface area (Å²) < 4.78 is 6.46. The van der Waals surface area contributed by atoms with Gasteiger partial charge in [0.1, 0.15) is 5.75 Å². The van der Waals surface area contributed by atoms with Crippen LogP contribution in [0.25, 0.3) is 0 Å². The van der Waals surface area contributed by atoms with Crippen LogP contribution < -0.4 is 10.1 Å². The number of nitrogens with one attached hydrogen (secondary N) is 1. The van der Waals surface area contributed by atoms with Crippen LogP contribution in [0.3, 0.4) is 0 Å². The third-order valence-electron chi connectivity index (χ3n) is 3.04. The summed E-state index contributed by atoms with van der Waals surface area (Å²) in [6.07, 6.45) is 0.727. The Morgan fingerprint density at radius 1 is 1.27 bits per heavy atom. The van der Waals surface area contributed by atoms with E-state index >= 15 is 0 Å². The van der Waals surface area contributed by atoms with Gasteiger partial charge in [0, 0.05) is 11.0 Å². The van der Waals surface area contributed by atoms with E-state index in [0.29, 0.717) is 23.7 Å². The molecular formula is C17H17BrClNO2. The average molecular weight is 383 g/mol. The zero-order valence-electron chi connectivity index (χ0n) is 12.2. The smallest absolute Gasteiger partial charge is 0.252 e. The zero-order chi connectivity index (χ0) is 15.9. The molecule has 1 amide bonds. The molecule has 1 N–H and O–H groups in total. The minimum Gasteiger partial charge on any atom is -0.494 e. The molecule has 2 rings (SSSR count). The van der Waals surface area contributed by atoms with E-state index in [9.17, 15) is 4.79 Å². The molecule has 0 saturated heterocycles. The Morgan fingerprint density at radius 2 is 2.09 bits per heavy atom. The minimum absolute atomic E-state index is 0.179. The fourth-order valence-corrected chi connectivity index (χ4v) is 2.50. The molecule has 0 heterocycles. The van der Waals surface area contributed by atoms with Gasteiger partial charge in [0.05, 0.1) is 17.2 Å². The Morgan fingerprint density at radius 3 is 2.86 bits per heavy atom. The Balaban J connectivity index is 1.74. The first-order chi connectivity index (χ1) is 10.6. The van der Waals surface area contributed by atoms with Crippen molar-refractivity contribution in [2.24, 2.45) is 0 Å². The van der Waals surface area contributed by atoms with Crippen molar-refractivity contribution in [3.63, 3.8) is 0 Å². The van der Waals surface area contributed by atoms with E-state index in [1.165, 1.54) is 0 Å². The highest BCUT2D eigenvalue weighted by molar-refractivity contribution is 9.10. The number of halogens is 2. The first kappa shape index (κ1) is 16.8. The number of hydrogen-bond acceptors (Lipinski definition) is 2. The lowest BCUT2D eigenvalue weighted by Crippen LogP contribution is -2.25. The molecule has 22 heavy (non-hydrogen) atoms. The number of benzene rings is 2. The van der Waals surface area contributed by atoms with Crippen molar-refractivity contribution in [1.29, 1.82) is 0 Å². The molecule has 2 aromatic carbocycles. The van der Waals surface area contributed by atoms with Gasteiger partial charge >= 0.3 is 0 Å². The fourth-order valence-electron chi connectivity index (χ4n) is 1.94. The molecule has 0 atom stereocenters.